The zero-order valence-electron chi connectivity index (χ0n) is 13.5. The van der Waals surface area contributed by atoms with Gasteiger partial charge < -0.3 is 20.3 Å². The third kappa shape index (κ3) is 5.77. The van der Waals surface area contributed by atoms with Crippen molar-refractivity contribution in [3.8, 4) is 0 Å². The van der Waals surface area contributed by atoms with E-state index in [9.17, 15) is 4.79 Å². The fourth-order valence-corrected chi connectivity index (χ4v) is 2.60. The lowest BCUT2D eigenvalue weighted by Crippen LogP contribution is -2.48. The number of nitrogens with zero attached hydrogens (tertiary/aromatic N) is 2. The zero-order chi connectivity index (χ0) is 15.2. The van der Waals surface area contributed by atoms with Crippen LogP contribution in [0.25, 0.3) is 0 Å². The van der Waals surface area contributed by atoms with Crippen LogP contribution in [0.2, 0.25) is 0 Å². The van der Waals surface area contributed by atoms with E-state index in [1.807, 2.05) is 0 Å². The van der Waals surface area contributed by atoms with Crippen molar-refractivity contribution in [3.05, 3.63) is 0 Å². The second-order valence-corrected chi connectivity index (χ2v) is 6.40. The number of rotatable bonds is 7. The Bertz CT molecular complexity index is 299. The number of esters is 1. The minimum atomic E-state index is -0.878. The highest BCUT2D eigenvalue weighted by molar-refractivity contribution is 5.79. The molecule has 1 aliphatic rings. The Labute approximate surface area is 123 Å². The third-order valence-corrected chi connectivity index (χ3v) is 4.16. The molecular weight excluding hydrogens is 254 g/mol. The van der Waals surface area contributed by atoms with Crippen molar-refractivity contribution in [1.29, 1.82) is 0 Å². The van der Waals surface area contributed by atoms with Gasteiger partial charge in [-0.15, -0.1) is 0 Å². The van der Waals surface area contributed by atoms with Gasteiger partial charge in [0.25, 0.3) is 0 Å². The van der Waals surface area contributed by atoms with E-state index in [0.717, 1.165) is 19.0 Å². The molecule has 118 valence electrons. The van der Waals surface area contributed by atoms with Gasteiger partial charge in [-0.25, -0.2) is 0 Å². The molecule has 5 nitrogen and oxygen atoms in total. The Morgan fingerprint density at radius 3 is 2.60 bits per heavy atom. The Balaban J connectivity index is 2.28. The molecule has 0 amide bonds. The quantitative estimate of drug-likeness (QED) is 0.705. The molecule has 1 aliphatic heterocycles. The van der Waals surface area contributed by atoms with E-state index < -0.39 is 5.54 Å². The van der Waals surface area contributed by atoms with Crippen molar-refractivity contribution in [1.82, 2.24) is 9.80 Å². The number of hydrogen-bond acceptors (Lipinski definition) is 5. The summed E-state index contributed by atoms with van der Waals surface area (Å²) in [4.78, 5) is 16.4. The van der Waals surface area contributed by atoms with Gasteiger partial charge >= 0.3 is 5.97 Å². The molecule has 1 saturated heterocycles. The molecule has 0 aromatic heterocycles. The molecule has 1 atom stereocenters. The van der Waals surface area contributed by atoms with Crippen molar-refractivity contribution >= 4 is 5.97 Å². The number of likely N-dealkylation sites (tertiary alicyclic amines) is 1. The van der Waals surface area contributed by atoms with E-state index in [1.165, 1.54) is 25.9 Å². The van der Waals surface area contributed by atoms with Gasteiger partial charge in [-0.3, -0.25) is 4.79 Å². The first kappa shape index (κ1) is 17.4. The number of carbonyl (C=O) groups is 1. The predicted molar refractivity (Wildman–Crippen MR) is 81.6 cm³/mol. The minimum Gasteiger partial charge on any atom is -0.465 e. The average molecular weight is 285 g/mol. The molecule has 1 unspecified atom stereocenters. The molecule has 0 aliphatic carbocycles. The lowest BCUT2D eigenvalue weighted by Gasteiger charge is -2.32. The van der Waals surface area contributed by atoms with Gasteiger partial charge in [0, 0.05) is 13.1 Å². The summed E-state index contributed by atoms with van der Waals surface area (Å²) < 4.78 is 5.01. The smallest absolute Gasteiger partial charge is 0.325 e. The van der Waals surface area contributed by atoms with Crippen molar-refractivity contribution in [2.75, 3.05) is 46.9 Å². The first-order valence-electron chi connectivity index (χ1n) is 7.68. The maximum Gasteiger partial charge on any atom is 0.325 e. The molecule has 0 radical (unpaired) electrons. The average Bonchev–Trinajstić information content (AvgIpc) is 2.39. The summed E-state index contributed by atoms with van der Waals surface area (Å²) in [5, 5.41) is 0. The van der Waals surface area contributed by atoms with Crippen LogP contribution >= 0.6 is 0 Å². The molecule has 20 heavy (non-hydrogen) atoms. The second-order valence-electron chi connectivity index (χ2n) is 6.40. The Morgan fingerprint density at radius 1 is 1.45 bits per heavy atom. The van der Waals surface area contributed by atoms with E-state index >= 15 is 0 Å². The molecular formula is C15H31N3O2. The van der Waals surface area contributed by atoms with Gasteiger partial charge in [-0.1, -0.05) is 0 Å². The summed E-state index contributed by atoms with van der Waals surface area (Å²) in [5.41, 5.74) is 5.16. The molecule has 0 saturated carbocycles. The maximum atomic E-state index is 11.7. The molecule has 1 heterocycles. The highest BCUT2D eigenvalue weighted by Gasteiger charge is 2.30. The standard InChI is InChI=1S/C15H31N3O2/c1-5-20-14(19)15(2,16)8-11-18(4)12-13-6-9-17(3)10-7-13/h13H,5-12,16H2,1-4H3. The molecule has 5 heteroatoms. The normalized spacial score (nSPS) is 20.9. The maximum absolute atomic E-state index is 11.7. The summed E-state index contributed by atoms with van der Waals surface area (Å²) in [6, 6.07) is 0. The first-order valence-corrected chi connectivity index (χ1v) is 7.68. The Morgan fingerprint density at radius 2 is 2.05 bits per heavy atom. The first-order chi connectivity index (χ1) is 9.35. The van der Waals surface area contributed by atoms with Crippen molar-refractivity contribution < 1.29 is 9.53 Å². The minimum absolute atomic E-state index is 0.298. The number of piperidine rings is 1. The van der Waals surface area contributed by atoms with Crippen molar-refractivity contribution in [2.45, 2.75) is 38.6 Å². The van der Waals surface area contributed by atoms with E-state index in [-0.39, 0.29) is 5.97 Å². The molecule has 1 rings (SSSR count). The van der Waals surface area contributed by atoms with E-state index in [2.05, 4.69) is 23.9 Å². The fourth-order valence-electron chi connectivity index (χ4n) is 2.60. The van der Waals surface area contributed by atoms with E-state index in [4.69, 9.17) is 10.5 Å². The third-order valence-electron chi connectivity index (χ3n) is 4.16. The van der Waals surface area contributed by atoms with Crippen LogP contribution in [0.3, 0.4) is 0 Å². The number of hydrogen-bond donors (Lipinski definition) is 1. The van der Waals surface area contributed by atoms with Crippen LogP contribution < -0.4 is 5.73 Å². The second kappa shape index (κ2) is 7.96. The topological polar surface area (TPSA) is 58.8 Å². The number of nitrogens with two attached hydrogens (primary N) is 1. The lowest BCUT2D eigenvalue weighted by atomic mass is 9.95. The highest BCUT2D eigenvalue weighted by atomic mass is 16.5. The molecule has 2 N–H and O–H groups in total. The van der Waals surface area contributed by atoms with Gasteiger partial charge in [0.2, 0.25) is 0 Å². The molecule has 0 bridgehead atoms. The molecule has 0 aromatic carbocycles. The summed E-state index contributed by atoms with van der Waals surface area (Å²) in [5.74, 6) is 0.468. The van der Waals surface area contributed by atoms with Crippen LogP contribution in [0.5, 0.6) is 0 Å². The van der Waals surface area contributed by atoms with Crippen LogP contribution in [0.4, 0.5) is 0 Å². The van der Waals surface area contributed by atoms with E-state index in [0.29, 0.717) is 13.0 Å². The molecule has 1 fully saturated rings. The van der Waals surface area contributed by atoms with Crippen LogP contribution in [-0.4, -0.2) is 68.2 Å². The largest absolute Gasteiger partial charge is 0.465 e. The van der Waals surface area contributed by atoms with Crippen LogP contribution in [-0.2, 0) is 9.53 Å². The van der Waals surface area contributed by atoms with Gasteiger partial charge in [0.05, 0.1) is 6.61 Å². The van der Waals surface area contributed by atoms with Crippen LogP contribution in [0.15, 0.2) is 0 Å². The number of carbonyl (C=O) groups excluding carboxylic acids is 1. The molecule has 0 aromatic rings. The summed E-state index contributed by atoms with van der Waals surface area (Å²) in [6.07, 6.45) is 3.16. The van der Waals surface area contributed by atoms with Crippen LogP contribution in [0, 0.1) is 5.92 Å². The summed E-state index contributed by atoms with van der Waals surface area (Å²) >= 11 is 0. The van der Waals surface area contributed by atoms with Crippen LogP contribution in [0.1, 0.15) is 33.1 Å². The van der Waals surface area contributed by atoms with Gasteiger partial charge in [0.15, 0.2) is 0 Å². The Hall–Kier alpha value is -0.650. The van der Waals surface area contributed by atoms with Gasteiger partial charge in [0.1, 0.15) is 5.54 Å². The monoisotopic (exact) mass is 285 g/mol. The summed E-state index contributed by atoms with van der Waals surface area (Å²) in [6.45, 7) is 8.25. The zero-order valence-corrected chi connectivity index (χ0v) is 13.5. The van der Waals surface area contributed by atoms with Gasteiger partial charge in [-0.05, 0) is 66.2 Å². The SMILES string of the molecule is CCOC(=O)C(C)(N)CCN(C)CC1CCN(C)CC1. The lowest BCUT2D eigenvalue weighted by molar-refractivity contribution is -0.149. The van der Waals surface area contributed by atoms with Gasteiger partial charge in [-0.2, -0.15) is 0 Å². The predicted octanol–water partition coefficient (Wildman–Crippen LogP) is 0.931. The fraction of sp³-hybridized carbons (Fsp3) is 0.933. The van der Waals surface area contributed by atoms with Crippen molar-refractivity contribution in [2.24, 2.45) is 11.7 Å². The van der Waals surface area contributed by atoms with E-state index in [1.54, 1.807) is 13.8 Å². The molecule has 0 spiro atoms. The highest BCUT2D eigenvalue weighted by Crippen LogP contribution is 2.17. The number of ether oxygens (including phenoxy) is 1. The Kier molecular flexibility index (Phi) is 6.92. The van der Waals surface area contributed by atoms with Crippen molar-refractivity contribution in [3.63, 3.8) is 0 Å². The summed E-state index contributed by atoms with van der Waals surface area (Å²) in [7, 11) is 4.29.